The fourth-order valence-electron chi connectivity index (χ4n) is 2.48. The molecule has 1 unspecified atom stereocenters. The summed E-state index contributed by atoms with van der Waals surface area (Å²) in [5.74, 6) is -1.02. The van der Waals surface area contributed by atoms with E-state index in [-0.39, 0.29) is 11.8 Å². The third-order valence-electron chi connectivity index (χ3n) is 3.79. The van der Waals surface area contributed by atoms with Crippen LogP contribution in [0.15, 0.2) is 30.3 Å². The molecule has 0 spiro atoms. The van der Waals surface area contributed by atoms with Crippen LogP contribution in [0.1, 0.15) is 45.6 Å². The van der Waals surface area contributed by atoms with Gasteiger partial charge in [0.2, 0.25) is 5.91 Å². The predicted octanol–water partition coefficient (Wildman–Crippen LogP) is 3.85. The Morgan fingerprint density at radius 3 is 2.54 bits per heavy atom. The molecule has 0 radical (unpaired) electrons. The van der Waals surface area contributed by atoms with Gasteiger partial charge in [0.05, 0.1) is 18.6 Å². The van der Waals surface area contributed by atoms with Gasteiger partial charge in [-0.3, -0.25) is 4.79 Å². The number of nitrogens with one attached hydrogen (secondary N) is 1. The van der Waals surface area contributed by atoms with Gasteiger partial charge in [-0.05, 0) is 24.5 Å². The molecule has 2 aromatic rings. The number of carbonyl (C=O) groups excluding carboxylic acids is 2. The molecule has 2 rings (SSSR count). The van der Waals surface area contributed by atoms with Gasteiger partial charge < -0.3 is 10.1 Å². The average molecular weight is 342 g/mol. The smallest absolute Gasteiger partial charge is 0.348 e. The Kier molecular flexibility index (Phi) is 5.72. The van der Waals surface area contributed by atoms with Gasteiger partial charge in [-0.2, -0.15) is 5.26 Å². The molecule has 5 nitrogen and oxygen atoms in total. The van der Waals surface area contributed by atoms with E-state index in [0.717, 1.165) is 16.9 Å². The van der Waals surface area contributed by atoms with E-state index in [4.69, 9.17) is 4.74 Å². The van der Waals surface area contributed by atoms with Crippen LogP contribution in [-0.4, -0.2) is 19.0 Å². The van der Waals surface area contributed by atoms with Gasteiger partial charge in [0.15, 0.2) is 0 Å². The normalized spacial score (nSPS) is 11.4. The Labute approximate surface area is 144 Å². The first kappa shape index (κ1) is 17.7. The highest BCUT2D eigenvalue weighted by Gasteiger charge is 2.24. The van der Waals surface area contributed by atoms with Crippen molar-refractivity contribution in [3.8, 4) is 6.07 Å². The zero-order valence-electron chi connectivity index (χ0n) is 13.8. The van der Waals surface area contributed by atoms with Crippen LogP contribution < -0.4 is 5.32 Å². The van der Waals surface area contributed by atoms with Gasteiger partial charge in [-0.15, -0.1) is 11.3 Å². The second-order valence-corrected chi connectivity index (χ2v) is 6.25. The molecule has 0 bridgehead atoms. The monoisotopic (exact) mass is 342 g/mol. The second kappa shape index (κ2) is 7.75. The number of ether oxygens (including phenoxy) is 1. The lowest BCUT2D eigenvalue weighted by Gasteiger charge is -2.14. The van der Waals surface area contributed by atoms with Crippen LogP contribution in [0.3, 0.4) is 0 Å². The fraction of sp³-hybridized carbons (Fsp3) is 0.278. The number of carbonyl (C=O) groups is 2. The minimum absolute atomic E-state index is 0.196. The summed E-state index contributed by atoms with van der Waals surface area (Å²) >= 11 is 1.07. The number of anilines is 1. The summed E-state index contributed by atoms with van der Waals surface area (Å²) in [5, 5.41) is 12.5. The Hall–Kier alpha value is -2.65. The summed E-state index contributed by atoms with van der Waals surface area (Å²) in [5.41, 5.74) is 1.74. The van der Waals surface area contributed by atoms with Crippen molar-refractivity contribution in [2.75, 3.05) is 12.4 Å². The second-order valence-electron chi connectivity index (χ2n) is 5.22. The lowest BCUT2D eigenvalue weighted by atomic mass is 9.96. The van der Waals surface area contributed by atoms with Crippen molar-refractivity contribution >= 4 is 28.2 Å². The van der Waals surface area contributed by atoms with Crippen molar-refractivity contribution in [1.82, 2.24) is 0 Å². The Morgan fingerprint density at radius 1 is 1.33 bits per heavy atom. The van der Waals surface area contributed by atoms with Crippen LogP contribution in [-0.2, 0) is 9.53 Å². The van der Waals surface area contributed by atoms with Gasteiger partial charge in [0.25, 0.3) is 0 Å². The van der Waals surface area contributed by atoms with E-state index in [1.807, 2.05) is 37.3 Å². The predicted molar refractivity (Wildman–Crippen MR) is 93.2 cm³/mol. The molecule has 6 heteroatoms. The third kappa shape index (κ3) is 3.47. The van der Waals surface area contributed by atoms with Crippen molar-refractivity contribution in [2.45, 2.75) is 26.2 Å². The molecule has 1 heterocycles. The van der Waals surface area contributed by atoms with E-state index < -0.39 is 5.97 Å². The zero-order valence-corrected chi connectivity index (χ0v) is 14.6. The largest absolute Gasteiger partial charge is 0.465 e. The lowest BCUT2D eigenvalue weighted by Crippen LogP contribution is -2.20. The van der Waals surface area contributed by atoms with Crippen molar-refractivity contribution in [3.63, 3.8) is 0 Å². The topological polar surface area (TPSA) is 79.2 Å². The number of benzene rings is 1. The van der Waals surface area contributed by atoms with E-state index in [1.165, 1.54) is 7.11 Å². The number of esters is 1. The Bertz CT molecular complexity index is 791. The molecule has 1 aromatic carbocycles. The molecule has 0 aliphatic rings. The van der Waals surface area contributed by atoms with Crippen LogP contribution >= 0.6 is 11.3 Å². The molecular weight excluding hydrogens is 324 g/mol. The molecule has 0 saturated carbocycles. The van der Waals surface area contributed by atoms with Crippen molar-refractivity contribution in [3.05, 3.63) is 51.9 Å². The first-order valence-corrected chi connectivity index (χ1v) is 8.32. The number of rotatable bonds is 5. The SMILES string of the molecule is CCC(C(=O)Nc1sc(C(=O)OC)c(C)c1C#N)c1ccccc1. The van der Waals surface area contributed by atoms with Gasteiger partial charge in [-0.25, -0.2) is 4.79 Å². The van der Waals surface area contributed by atoms with Gasteiger partial charge in [-0.1, -0.05) is 37.3 Å². The molecular formula is C18H18N2O3S. The van der Waals surface area contributed by atoms with E-state index >= 15 is 0 Å². The van der Waals surface area contributed by atoms with E-state index in [1.54, 1.807) is 6.92 Å². The summed E-state index contributed by atoms with van der Waals surface area (Å²) in [4.78, 5) is 24.8. The standard InChI is InChI=1S/C18H18N2O3S/c1-4-13(12-8-6-5-7-9-12)16(21)20-17-14(10-19)11(2)15(24-17)18(22)23-3/h5-9,13H,4H2,1-3H3,(H,20,21). The molecule has 1 aromatic heterocycles. The third-order valence-corrected chi connectivity index (χ3v) is 4.98. The van der Waals surface area contributed by atoms with E-state index in [2.05, 4.69) is 11.4 Å². The van der Waals surface area contributed by atoms with Crippen molar-refractivity contribution < 1.29 is 14.3 Å². The number of hydrogen-bond donors (Lipinski definition) is 1. The molecule has 0 aliphatic heterocycles. The number of amides is 1. The summed E-state index contributed by atoms with van der Waals surface area (Å²) in [7, 11) is 1.29. The molecule has 1 amide bonds. The van der Waals surface area contributed by atoms with Crippen LogP contribution in [0.4, 0.5) is 5.00 Å². The van der Waals surface area contributed by atoms with Gasteiger partial charge in [0, 0.05) is 0 Å². The van der Waals surface area contributed by atoms with Crippen LogP contribution in [0, 0.1) is 18.3 Å². The van der Waals surface area contributed by atoms with E-state index in [9.17, 15) is 14.9 Å². The molecule has 124 valence electrons. The molecule has 0 saturated heterocycles. The maximum atomic E-state index is 12.6. The minimum Gasteiger partial charge on any atom is -0.465 e. The fourth-order valence-corrected chi connectivity index (χ4v) is 3.56. The number of hydrogen-bond acceptors (Lipinski definition) is 5. The summed E-state index contributed by atoms with van der Waals surface area (Å²) in [6.07, 6.45) is 0.631. The minimum atomic E-state index is -0.510. The lowest BCUT2D eigenvalue weighted by molar-refractivity contribution is -0.117. The Balaban J connectivity index is 2.32. The number of nitriles is 1. The Morgan fingerprint density at radius 2 is 2.00 bits per heavy atom. The summed E-state index contributed by atoms with van der Waals surface area (Å²) in [6.45, 7) is 3.60. The summed E-state index contributed by atoms with van der Waals surface area (Å²) < 4.78 is 4.72. The van der Waals surface area contributed by atoms with Crippen LogP contribution in [0.25, 0.3) is 0 Å². The molecule has 1 N–H and O–H groups in total. The highest BCUT2D eigenvalue weighted by Crippen LogP contribution is 2.34. The maximum absolute atomic E-state index is 12.6. The van der Waals surface area contributed by atoms with E-state index in [0.29, 0.717) is 27.4 Å². The molecule has 0 aliphatic carbocycles. The average Bonchev–Trinajstić information content (AvgIpc) is 2.91. The zero-order chi connectivity index (χ0) is 17.7. The first-order chi connectivity index (χ1) is 11.5. The number of nitrogens with zero attached hydrogens (tertiary/aromatic N) is 1. The quantitative estimate of drug-likeness (QED) is 0.837. The molecule has 0 fully saturated rings. The molecule has 1 atom stereocenters. The highest BCUT2D eigenvalue weighted by atomic mass is 32.1. The first-order valence-electron chi connectivity index (χ1n) is 7.51. The van der Waals surface area contributed by atoms with Gasteiger partial charge >= 0.3 is 5.97 Å². The van der Waals surface area contributed by atoms with Crippen molar-refractivity contribution in [1.29, 1.82) is 5.26 Å². The van der Waals surface area contributed by atoms with Crippen LogP contribution in [0.5, 0.6) is 0 Å². The number of methoxy groups -OCH3 is 1. The highest BCUT2D eigenvalue weighted by molar-refractivity contribution is 7.18. The van der Waals surface area contributed by atoms with Crippen LogP contribution in [0.2, 0.25) is 0 Å². The summed E-state index contributed by atoms with van der Waals surface area (Å²) in [6, 6.07) is 11.5. The van der Waals surface area contributed by atoms with Gasteiger partial charge in [0.1, 0.15) is 15.9 Å². The molecule has 24 heavy (non-hydrogen) atoms. The van der Waals surface area contributed by atoms with Crippen molar-refractivity contribution in [2.24, 2.45) is 0 Å². The maximum Gasteiger partial charge on any atom is 0.348 e. The number of thiophene rings is 1.